The molecule has 2 aliphatic rings. The molecule has 59 heavy (non-hydrogen) atoms. The van der Waals surface area contributed by atoms with Crippen LogP contribution in [0.3, 0.4) is 0 Å². The summed E-state index contributed by atoms with van der Waals surface area (Å²) in [5.41, 5.74) is 13.2. The average molecular weight is 789 g/mol. The van der Waals surface area contributed by atoms with Gasteiger partial charge < -0.3 is 18.9 Å². The van der Waals surface area contributed by atoms with E-state index in [-0.39, 0.29) is 29.5 Å². The molecule has 12 heteroatoms. The summed E-state index contributed by atoms with van der Waals surface area (Å²) < 4.78 is 3.75. The van der Waals surface area contributed by atoms with Crippen molar-refractivity contribution in [1.29, 1.82) is 0 Å². The van der Waals surface area contributed by atoms with E-state index in [1.165, 1.54) is 11.1 Å². The van der Waals surface area contributed by atoms with E-state index in [0.717, 1.165) is 50.3 Å². The number of likely N-dealkylation sites (tertiary alicyclic amines) is 1. The first-order valence-corrected chi connectivity index (χ1v) is 19.9. The Kier molecular flexibility index (Phi) is 10.3. The Morgan fingerprint density at radius 3 is 1.86 bits per heavy atom. The largest absolute Gasteiger partial charge is 0.337 e. The second kappa shape index (κ2) is 15.5. The zero-order valence-corrected chi connectivity index (χ0v) is 34.5. The first-order valence-electron chi connectivity index (χ1n) is 19.9. The standard InChI is InChI=1S/C47H48N8O4/c1-27-16-30(4)38(18-28(27)2)40-23-48-46(52(40)6)50-43(57)33-11-8-10-32(20-33)25-54-26-36(45(54)59)21-35-17-31(5)39(19-29(35)3)41-24-49-47(53(41)7)51-44(58)34-12-9-13-37(22-34)55-15-14-42(55)56/h8-13,16-20,22-24,36H,14-15,21,25-26H2,1-7H3,(H,48,50,57)(H,49,51,58). The molecule has 4 heterocycles. The minimum Gasteiger partial charge on any atom is -0.337 e. The molecule has 2 saturated heterocycles. The highest BCUT2D eigenvalue weighted by Crippen LogP contribution is 2.33. The summed E-state index contributed by atoms with van der Waals surface area (Å²) in [6.45, 7) is 12.1. The van der Waals surface area contributed by atoms with Gasteiger partial charge in [-0.15, -0.1) is 0 Å². The molecule has 2 aliphatic heterocycles. The fraction of sp³-hybridized carbons (Fsp3) is 0.277. The number of carbonyl (C=O) groups excluding carboxylic acids is 4. The van der Waals surface area contributed by atoms with Crippen LogP contribution in [0.4, 0.5) is 17.6 Å². The third-order valence-electron chi connectivity index (χ3n) is 11.9. The van der Waals surface area contributed by atoms with Gasteiger partial charge in [0.2, 0.25) is 23.7 Å². The summed E-state index contributed by atoms with van der Waals surface area (Å²) in [5.74, 6) is 0.323. The molecule has 300 valence electrons. The number of aromatic nitrogens is 4. The number of hydrogen-bond donors (Lipinski definition) is 2. The van der Waals surface area contributed by atoms with E-state index in [0.29, 0.717) is 61.2 Å². The number of nitrogens with zero attached hydrogens (tertiary/aromatic N) is 6. The van der Waals surface area contributed by atoms with Crippen molar-refractivity contribution in [2.75, 3.05) is 28.6 Å². The van der Waals surface area contributed by atoms with E-state index in [9.17, 15) is 19.2 Å². The van der Waals surface area contributed by atoms with Crippen molar-refractivity contribution in [2.24, 2.45) is 20.0 Å². The van der Waals surface area contributed by atoms with Crippen LogP contribution in [0.5, 0.6) is 0 Å². The second-order valence-electron chi connectivity index (χ2n) is 16.0. The molecule has 0 spiro atoms. The summed E-state index contributed by atoms with van der Waals surface area (Å²) in [4.78, 5) is 64.4. The number of nitrogens with one attached hydrogen (secondary N) is 2. The Morgan fingerprint density at radius 1 is 0.695 bits per heavy atom. The lowest BCUT2D eigenvalue weighted by Crippen LogP contribution is -2.52. The fourth-order valence-corrected chi connectivity index (χ4v) is 8.08. The third kappa shape index (κ3) is 7.53. The summed E-state index contributed by atoms with van der Waals surface area (Å²) in [6.07, 6.45) is 4.69. The van der Waals surface area contributed by atoms with Gasteiger partial charge in [0.05, 0.1) is 29.7 Å². The highest BCUT2D eigenvalue weighted by molar-refractivity contribution is 6.06. The predicted octanol–water partition coefficient (Wildman–Crippen LogP) is 7.47. The van der Waals surface area contributed by atoms with Crippen LogP contribution in [0, 0.1) is 40.5 Å². The highest BCUT2D eigenvalue weighted by atomic mass is 16.2. The molecule has 2 aromatic heterocycles. The first-order chi connectivity index (χ1) is 28.2. The molecule has 2 fully saturated rings. The Bertz CT molecular complexity index is 2690. The number of aryl methyl sites for hydroxylation is 5. The van der Waals surface area contributed by atoms with Crippen LogP contribution in [-0.4, -0.2) is 60.7 Å². The number of anilines is 3. The van der Waals surface area contributed by atoms with E-state index < -0.39 is 0 Å². The Labute approximate surface area is 343 Å². The maximum atomic E-state index is 13.4. The lowest BCUT2D eigenvalue weighted by Gasteiger charge is -2.39. The lowest BCUT2D eigenvalue weighted by atomic mass is 9.87. The first kappa shape index (κ1) is 39.0. The third-order valence-corrected chi connectivity index (χ3v) is 11.9. The maximum Gasteiger partial charge on any atom is 0.258 e. The molecule has 0 saturated carbocycles. The van der Waals surface area contributed by atoms with E-state index >= 15 is 0 Å². The van der Waals surface area contributed by atoms with Gasteiger partial charge in [0.1, 0.15) is 0 Å². The topological polar surface area (TPSA) is 134 Å². The highest BCUT2D eigenvalue weighted by Gasteiger charge is 2.37. The molecule has 8 rings (SSSR count). The zero-order valence-electron chi connectivity index (χ0n) is 34.5. The molecule has 0 aliphatic carbocycles. The quantitative estimate of drug-likeness (QED) is 0.131. The van der Waals surface area contributed by atoms with Crippen molar-refractivity contribution < 1.29 is 19.2 Å². The Hall–Kier alpha value is -6.82. The zero-order chi connectivity index (χ0) is 41.7. The Balaban J connectivity index is 0.877. The number of benzene rings is 4. The number of hydrogen-bond acceptors (Lipinski definition) is 6. The van der Waals surface area contributed by atoms with Gasteiger partial charge in [-0.05, 0) is 122 Å². The van der Waals surface area contributed by atoms with Crippen molar-refractivity contribution in [3.05, 3.63) is 135 Å². The van der Waals surface area contributed by atoms with E-state index in [2.05, 4.69) is 72.6 Å². The molecule has 0 radical (unpaired) electrons. The van der Waals surface area contributed by atoms with Gasteiger partial charge in [-0.3, -0.25) is 29.8 Å². The second-order valence-corrected chi connectivity index (χ2v) is 16.0. The molecular weight excluding hydrogens is 741 g/mol. The molecule has 1 atom stereocenters. The minimum atomic E-state index is -0.306. The van der Waals surface area contributed by atoms with E-state index in [1.54, 1.807) is 41.6 Å². The molecule has 1 unspecified atom stereocenters. The van der Waals surface area contributed by atoms with Crippen LogP contribution in [0.15, 0.2) is 85.2 Å². The van der Waals surface area contributed by atoms with Crippen molar-refractivity contribution in [3.8, 4) is 22.5 Å². The fourth-order valence-electron chi connectivity index (χ4n) is 8.08. The maximum absolute atomic E-state index is 13.4. The molecule has 12 nitrogen and oxygen atoms in total. The molecule has 4 aromatic carbocycles. The molecule has 2 N–H and O–H groups in total. The van der Waals surface area contributed by atoms with Crippen molar-refractivity contribution in [2.45, 2.75) is 54.0 Å². The monoisotopic (exact) mass is 788 g/mol. The van der Waals surface area contributed by atoms with Gasteiger partial charge in [0.15, 0.2) is 0 Å². The van der Waals surface area contributed by atoms with Crippen LogP contribution in [0.25, 0.3) is 22.5 Å². The smallest absolute Gasteiger partial charge is 0.258 e. The van der Waals surface area contributed by atoms with Crippen molar-refractivity contribution >= 4 is 41.2 Å². The predicted molar refractivity (Wildman–Crippen MR) is 229 cm³/mol. The molecular formula is C47H48N8O4. The molecule has 4 amide bonds. The van der Waals surface area contributed by atoms with E-state index in [4.69, 9.17) is 0 Å². The number of β-lactam (4-membered cyclic amide) rings is 2. The van der Waals surface area contributed by atoms with Gasteiger partial charge in [-0.1, -0.05) is 30.3 Å². The van der Waals surface area contributed by atoms with Crippen LogP contribution in [0.1, 0.15) is 66.1 Å². The number of rotatable bonds is 11. The lowest BCUT2D eigenvalue weighted by molar-refractivity contribution is -0.148. The number of amides is 4. The van der Waals surface area contributed by atoms with E-state index in [1.807, 2.05) is 59.3 Å². The van der Waals surface area contributed by atoms with Crippen LogP contribution >= 0.6 is 0 Å². The number of carbonyl (C=O) groups is 4. The van der Waals surface area contributed by atoms with Crippen molar-refractivity contribution in [3.63, 3.8) is 0 Å². The van der Waals surface area contributed by atoms with Crippen LogP contribution in [-0.2, 0) is 36.6 Å². The summed E-state index contributed by atoms with van der Waals surface area (Å²) in [7, 11) is 3.76. The summed E-state index contributed by atoms with van der Waals surface area (Å²) >= 11 is 0. The Morgan fingerprint density at radius 2 is 1.27 bits per heavy atom. The average Bonchev–Trinajstić information content (AvgIpc) is 3.76. The van der Waals surface area contributed by atoms with Crippen molar-refractivity contribution in [1.82, 2.24) is 24.0 Å². The van der Waals surface area contributed by atoms with Gasteiger partial charge in [-0.2, -0.15) is 0 Å². The molecule has 0 bridgehead atoms. The minimum absolute atomic E-state index is 0.0517. The molecule has 6 aromatic rings. The number of imidazole rings is 2. The van der Waals surface area contributed by atoms with Gasteiger partial charge in [0, 0.05) is 68.1 Å². The summed E-state index contributed by atoms with van der Waals surface area (Å²) in [5, 5.41) is 5.88. The van der Waals surface area contributed by atoms with Crippen LogP contribution < -0.4 is 15.5 Å². The van der Waals surface area contributed by atoms with Gasteiger partial charge in [0.25, 0.3) is 11.8 Å². The SMILES string of the molecule is Cc1cc(C)c(-c2cnc(NC(=O)c3cccc(CN4CC(Cc5cc(C)c(-c6cnc(NC(=O)c7cccc(N8CCC8=O)c7)n6C)cc5C)C4=O)c3)n2C)cc1C. The normalized spacial score (nSPS) is 14.9. The van der Waals surface area contributed by atoms with Gasteiger partial charge >= 0.3 is 0 Å². The van der Waals surface area contributed by atoms with Crippen LogP contribution in [0.2, 0.25) is 0 Å². The summed E-state index contributed by atoms with van der Waals surface area (Å²) in [6, 6.07) is 23.0. The van der Waals surface area contributed by atoms with Gasteiger partial charge in [-0.25, -0.2) is 9.97 Å².